The van der Waals surface area contributed by atoms with Crippen LogP contribution in [0.1, 0.15) is 84.0 Å². The summed E-state index contributed by atoms with van der Waals surface area (Å²) < 4.78 is 31.6. The van der Waals surface area contributed by atoms with E-state index in [2.05, 4.69) is 23.8 Å². The summed E-state index contributed by atoms with van der Waals surface area (Å²) in [6, 6.07) is 0. The lowest BCUT2D eigenvalue weighted by Crippen LogP contribution is -2.28. The van der Waals surface area contributed by atoms with Crippen LogP contribution in [0.15, 0.2) is 24.3 Å². The first kappa shape index (κ1) is 27.0. The number of halogens is 1. The molecule has 2 unspecified atom stereocenters. The minimum Gasteiger partial charge on any atom is -0.469 e. The molecule has 0 aromatic carbocycles. The van der Waals surface area contributed by atoms with Gasteiger partial charge in [-0.15, -0.1) is 0 Å². The predicted octanol–water partition coefficient (Wildman–Crippen LogP) is 5.66. The molecule has 2 fully saturated rings. The molecular formula is C26H43FO5. The molecule has 1 aliphatic carbocycles. The van der Waals surface area contributed by atoms with Gasteiger partial charge in [-0.2, -0.15) is 0 Å². The van der Waals surface area contributed by atoms with Gasteiger partial charge in [0.25, 0.3) is 0 Å². The minimum absolute atomic E-state index is 0.00994. The third kappa shape index (κ3) is 9.72. The van der Waals surface area contributed by atoms with E-state index in [1.165, 1.54) is 7.11 Å². The summed E-state index contributed by atoms with van der Waals surface area (Å²) in [5.74, 6) is -0.699. The Morgan fingerprint density at radius 3 is 2.75 bits per heavy atom. The highest BCUT2D eigenvalue weighted by Gasteiger charge is 2.38. The Balaban J connectivity index is 1.91. The van der Waals surface area contributed by atoms with Crippen LogP contribution >= 0.6 is 0 Å². The van der Waals surface area contributed by atoms with E-state index in [0.29, 0.717) is 25.7 Å². The van der Waals surface area contributed by atoms with Crippen molar-refractivity contribution < 1.29 is 28.5 Å². The van der Waals surface area contributed by atoms with Crippen molar-refractivity contribution in [1.82, 2.24) is 0 Å². The zero-order chi connectivity index (χ0) is 23.2. The van der Waals surface area contributed by atoms with E-state index in [0.717, 1.165) is 58.0 Å². The fourth-order valence-corrected chi connectivity index (χ4v) is 4.61. The van der Waals surface area contributed by atoms with Crippen LogP contribution in [0.4, 0.5) is 4.39 Å². The Morgan fingerprint density at radius 2 is 2.03 bits per heavy atom. The fourth-order valence-electron chi connectivity index (χ4n) is 4.61. The Kier molecular flexibility index (Phi) is 13.1. The molecule has 1 saturated carbocycles. The van der Waals surface area contributed by atoms with Gasteiger partial charge in [-0.1, -0.05) is 50.5 Å². The molecule has 6 atom stereocenters. The van der Waals surface area contributed by atoms with Crippen molar-refractivity contribution in [3.63, 3.8) is 0 Å². The summed E-state index contributed by atoms with van der Waals surface area (Å²) in [4.78, 5) is 11.2. The van der Waals surface area contributed by atoms with Crippen molar-refractivity contribution in [2.45, 2.75) is 109 Å². The molecule has 0 bridgehead atoms. The minimum atomic E-state index is -1.21. The second-order valence-corrected chi connectivity index (χ2v) is 9.08. The first-order valence-corrected chi connectivity index (χ1v) is 12.6. The van der Waals surface area contributed by atoms with Crippen LogP contribution in [-0.4, -0.2) is 49.5 Å². The average Bonchev–Trinajstić information content (AvgIpc) is 3.17. The highest BCUT2D eigenvalue weighted by Crippen LogP contribution is 2.37. The highest BCUT2D eigenvalue weighted by molar-refractivity contribution is 5.69. The summed E-state index contributed by atoms with van der Waals surface area (Å²) in [5, 5.41) is 10.4. The van der Waals surface area contributed by atoms with Crippen LogP contribution in [-0.2, 0) is 19.0 Å². The monoisotopic (exact) mass is 454 g/mol. The lowest BCUT2D eigenvalue weighted by molar-refractivity contribution is -0.179. The Bertz CT molecular complexity index is 573. The summed E-state index contributed by atoms with van der Waals surface area (Å²) in [6.45, 7) is 2.94. The molecule has 32 heavy (non-hydrogen) atoms. The quantitative estimate of drug-likeness (QED) is 0.208. The van der Waals surface area contributed by atoms with E-state index in [-0.39, 0.29) is 24.3 Å². The Morgan fingerprint density at radius 1 is 1.19 bits per heavy atom. The van der Waals surface area contributed by atoms with Crippen molar-refractivity contribution in [2.24, 2.45) is 11.8 Å². The number of esters is 1. The molecule has 0 aromatic heterocycles. The second-order valence-electron chi connectivity index (χ2n) is 9.08. The van der Waals surface area contributed by atoms with Gasteiger partial charge in [0.15, 0.2) is 6.29 Å². The van der Waals surface area contributed by atoms with Crippen molar-refractivity contribution >= 4 is 5.97 Å². The highest BCUT2D eigenvalue weighted by atomic mass is 19.1. The van der Waals surface area contributed by atoms with Gasteiger partial charge in [0.2, 0.25) is 0 Å². The molecule has 184 valence electrons. The van der Waals surface area contributed by atoms with Gasteiger partial charge >= 0.3 is 5.97 Å². The molecule has 0 radical (unpaired) electrons. The maximum absolute atomic E-state index is 15.0. The van der Waals surface area contributed by atoms with Crippen LogP contribution in [0.25, 0.3) is 0 Å². The molecule has 1 heterocycles. The normalized spacial score (nSPS) is 28.4. The molecule has 0 spiro atoms. The van der Waals surface area contributed by atoms with Crippen LogP contribution in [0.2, 0.25) is 0 Å². The van der Waals surface area contributed by atoms with Gasteiger partial charge in [0, 0.05) is 18.9 Å². The smallest absolute Gasteiger partial charge is 0.305 e. The van der Waals surface area contributed by atoms with E-state index in [9.17, 15) is 14.3 Å². The first-order valence-electron chi connectivity index (χ1n) is 12.6. The van der Waals surface area contributed by atoms with Gasteiger partial charge in [-0.3, -0.25) is 4.79 Å². The zero-order valence-electron chi connectivity index (χ0n) is 19.9. The number of rotatable bonds is 14. The third-order valence-corrected chi connectivity index (χ3v) is 6.53. The van der Waals surface area contributed by atoms with Crippen LogP contribution < -0.4 is 0 Å². The number of ether oxygens (including phenoxy) is 3. The van der Waals surface area contributed by atoms with Crippen molar-refractivity contribution in [3.8, 4) is 0 Å². The van der Waals surface area contributed by atoms with E-state index in [1.807, 2.05) is 0 Å². The lowest BCUT2D eigenvalue weighted by atomic mass is 9.89. The molecule has 2 aliphatic rings. The Labute approximate surface area is 193 Å². The second kappa shape index (κ2) is 15.6. The molecule has 1 saturated heterocycles. The number of carbonyl (C=O) groups is 1. The number of unbranched alkanes of at least 4 members (excludes halogenated alkanes) is 3. The van der Waals surface area contributed by atoms with Crippen molar-refractivity contribution in [3.05, 3.63) is 24.3 Å². The van der Waals surface area contributed by atoms with Gasteiger partial charge in [-0.25, -0.2) is 4.39 Å². The average molecular weight is 455 g/mol. The van der Waals surface area contributed by atoms with Crippen LogP contribution in [0, 0.1) is 11.8 Å². The number of hydrogen-bond donors (Lipinski definition) is 1. The molecule has 1 aliphatic heterocycles. The first-order chi connectivity index (χ1) is 15.5. The summed E-state index contributed by atoms with van der Waals surface area (Å²) in [5.41, 5.74) is 0. The number of carbonyl (C=O) groups excluding carboxylic acids is 1. The molecule has 5 nitrogen and oxygen atoms in total. The Hall–Kier alpha value is -1.24. The van der Waals surface area contributed by atoms with E-state index in [4.69, 9.17) is 9.47 Å². The standard InChI is InChI=1S/C26H43FO5/c1-3-4-6-11-21(32-25-14-9-10-19-31-25)17-15-20-16-18-23(28)26(20)22(27)12-7-5-8-13-24(29)30-2/h7,12,15,17,20-23,25-26,28H,3-6,8-11,13-14,16,18-19H2,1-2H3/t20-,21-,22?,23-,25?,26-/m0/s1. The fraction of sp³-hybridized carbons (Fsp3) is 0.808. The number of aliphatic hydroxyl groups excluding tert-OH is 1. The predicted molar refractivity (Wildman–Crippen MR) is 124 cm³/mol. The molecule has 1 N–H and O–H groups in total. The third-order valence-electron chi connectivity index (χ3n) is 6.53. The lowest BCUT2D eigenvalue weighted by Gasteiger charge is -2.27. The van der Waals surface area contributed by atoms with E-state index >= 15 is 0 Å². The van der Waals surface area contributed by atoms with Crippen molar-refractivity contribution in [2.75, 3.05) is 13.7 Å². The zero-order valence-corrected chi connectivity index (χ0v) is 19.9. The number of methoxy groups -OCH3 is 1. The largest absolute Gasteiger partial charge is 0.469 e. The van der Waals surface area contributed by atoms with Gasteiger partial charge in [0.05, 0.1) is 19.3 Å². The molecule has 0 amide bonds. The van der Waals surface area contributed by atoms with Gasteiger partial charge in [-0.05, 0) is 57.3 Å². The van der Waals surface area contributed by atoms with E-state index < -0.39 is 18.2 Å². The SMILES string of the molecule is CCCCC[C@@H](C=C[C@H]1CC[C@H](O)[C@@H]1C(F)C=CCCCC(=O)OC)OC1CCCCO1. The summed E-state index contributed by atoms with van der Waals surface area (Å²) >= 11 is 0. The molecule has 6 heteroatoms. The number of allylic oxidation sites excluding steroid dienone is 3. The van der Waals surface area contributed by atoms with Gasteiger partial charge in [0.1, 0.15) is 6.17 Å². The number of hydrogen-bond acceptors (Lipinski definition) is 5. The molecular weight excluding hydrogens is 411 g/mol. The molecule has 2 rings (SSSR count). The van der Waals surface area contributed by atoms with Gasteiger partial charge < -0.3 is 19.3 Å². The summed E-state index contributed by atoms with van der Waals surface area (Å²) in [7, 11) is 1.37. The van der Waals surface area contributed by atoms with E-state index in [1.54, 1.807) is 12.2 Å². The van der Waals surface area contributed by atoms with Crippen LogP contribution in [0.5, 0.6) is 0 Å². The van der Waals surface area contributed by atoms with Crippen LogP contribution in [0.3, 0.4) is 0 Å². The molecule has 0 aromatic rings. The topological polar surface area (TPSA) is 65.0 Å². The number of aliphatic hydroxyl groups is 1. The maximum Gasteiger partial charge on any atom is 0.305 e. The summed E-state index contributed by atoms with van der Waals surface area (Å²) in [6.07, 6.45) is 15.9. The van der Waals surface area contributed by atoms with Crippen molar-refractivity contribution in [1.29, 1.82) is 0 Å². The number of alkyl halides is 1. The maximum atomic E-state index is 15.0.